The maximum atomic E-state index is 6.04. The van der Waals surface area contributed by atoms with Crippen LogP contribution in [0.2, 0.25) is 5.02 Å². The number of ether oxygens (including phenoxy) is 1. The van der Waals surface area contributed by atoms with Crippen molar-refractivity contribution in [1.29, 1.82) is 0 Å². The van der Waals surface area contributed by atoms with Crippen molar-refractivity contribution in [3.8, 4) is 17.1 Å². The summed E-state index contributed by atoms with van der Waals surface area (Å²) in [6.45, 7) is 0. The molecule has 82 valence electrons. The Balaban J connectivity index is 2.50. The lowest BCUT2D eigenvalue weighted by Gasteiger charge is -2.05. The lowest BCUT2D eigenvalue weighted by atomic mass is 10.1. The summed E-state index contributed by atoms with van der Waals surface area (Å²) in [5.41, 5.74) is 7.61. The van der Waals surface area contributed by atoms with Crippen LogP contribution in [0.1, 0.15) is 0 Å². The van der Waals surface area contributed by atoms with Crippen LogP contribution in [0.5, 0.6) is 5.88 Å². The fourth-order valence-electron chi connectivity index (χ4n) is 1.35. The van der Waals surface area contributed by atoms with E-state index in [1.165, 1.54) is 7.11 Å². The van der Waals surface area contributed by atoms with E-state index < -0.39 is 0 Å². The summed E-state index contributed by atoms with van der Waals surface area (Å²) in [7, 11) is 1.50. The number of nitrogens with zero attached hydrogens (tertiary/aromatic N) is 2. The molecule has 0 saturated carbocycles. The smallest absolute Gasteiger partial charge is 0.256 e. The second-order valence-corrected chi connectivity index (χ2v) is 3.58. The van der Waals surface area contributed by atoms with E-state index in [9.17, 15) is 0 Å². The molecule has 2 rings (SSSR count). The molecule has 0 spiro atoms. The summed E-state index contributed by atoms with van der Waals surface area (Å²) in [6, 6.07) is 9.07. The van der Waals surface area contributed by atoms with E-state index in [-0.39, 0.29) is 0 Å². The van der Waals surface area contributed by atoms with Gasteiger partial charge in [0, 0.05) is 5.56 Å². The molecule has 1 aromatic carbocycles. The number of nitrogens with two attached hydrogens (primary N) is 1. The number of rotatable bonds is 2. The highest BCUT2D eigenvalue weighted by Crippen LogP contribution is 2.28. The fourth-order valence-corrected chi connectivity index (χ4v) is 1.59. The Bertz CT molecular complexity index is 516. The first-order valence-electron chi connectivity index (χ1n) is 4.64. The summed E-state index contributed by atoms with van der Waals surface area (Å²) in [5.74, 6) is 0.316. The molecule has 0 aliphatic heterocycles. The number of methoxy groups -OCH3 is 1. The van der Waals surface area contributed by atoms with E-state index >= 15 is 0 Å². The molecule has 0 aliphatic rings. The Morgan fingerprint density at radius 1 is 1.25 bits per heavy atom. The Hall–Kier alpha value is -1.81. The summed E-state index contributed by atoms with van der Waals surface area (Å²) in [4.78, 5) is 0. The molecule has 4 nitrogen and oxygen atoms in total. The van der Waals surface area contributed by atoms with Crippen LogP contribution < -0.4 is 10.5 Å². The number of nitrogen functional groups attached to an aromatic ring is 1. The van der Waals surface area contributed by atoms with Crippen LogP contribution in [0.25, 0.3) is 11.3 Å². The lowest BCUT2D eigenvalue weighted by molar-refractivity contribution is 0.394. The molecule has 0 unspecified atom stereocenters. The molecule has 0 bridgehead atoms. The molecule has 0 amide bonds. The monoisotopic (exact) mass is 235 g/mol. The molecule has 16 heavy (non-hydrogen) atoms. The van der Waals surface area contributed by atoms with Crippen LogP contribution in [0.3, 0.4) is 0 Å². The van der Waals surface area contributed by atoms with E-state index in [1.54, 1.807) is 12.1 Å². The predicted molar refractivity (Wildman–Crippen MR) is 63.4 cm³/mol. The van der Waals surface area contributed by atoms with Crippen molar-refractivity contribution in [3.63, 3.8) is 0 Å². The number of hydrogen-bond donors (Lipinski definition) is 1. The maximum absolute atomic E-state index is 6.04. The number of hydrogen-bond acceptors (Lipinski definition) is 4. The zero-order chi connectivity index (χ0) is 11.5. The zero-order valence-electron chi connectivity index (χ0n) is 8.64. The van der Waals surface area contributed by atoms with Gasteiger partial charge in [-0.3, -0.25) is 0 Å². The van der Waals surface area contributed by atoms with Crippen LogP contribution in [-0.2, 0) is 0 Å². The largest absolute Gasteiger partial charge is 0.478 e. The van der Waals surface area contributed by atoms with E-state index in [2.05, 4.69) is 10.2 Å². The highest BCUT2D eigenvalue weighted by atomic mass is 35.5. The molecule has 2 N–H and O–H groups in total. The number of halogens is 1. The van der Waals surface area contributed by atoms with E-state index in [1.807, 2.05) is 18.2 Å². The first-order chi connectivity index (χ1) is 7.72. The Morgan fingerprint density at radius 2 is 2.00 bits per heavy atom. The second kappa shape index (κ2) is 4.37. The van der Waals surface area contributed by atoms with Gasteiger partial charge in [-0.15, -0.1) is 10.2 Å². The number of aromatic nitrogens is 2. The molecule has 1 aromatic heterocycles. The SMILES string of the molecule is COc1nnc(-c2ccccc2Cl)cc1N. The maximum Gasteiger partial charge on any atom is 0.256 e. The molecular weight excluding hydrogens is 226 g/mol. The van der Waals surface area contributed by atoms with Gasteiger partial charge < -0.3 is 10.5 Å². The van der Waals surface area contributed by atoms with Crippen LogP contribution in [0.15, 0.2) is 30.3 Å². The zero-order valence-corrected chi connectivity index (χ0v) is 9.40. The molecule has 0 radical (unpaired) electrons. The van der Waals surface area contributed by atoms with Gasteiger partial charge in [-0.05, 0) is 12.1 Å². The van der Waals surface area contributed by atoms with Crippen molar-refractivity contribution in [2.75, 3.05) is 12.8 Å². The fraction of sp³-hybridized carbons (Fsp3) is 0.0909. The summed E-state index contributed by atoms with van der Waals surface area (Å²) < 4.78 is 4.93. The van der Waals surface area contributed by atoms with Gasteiger partial charge in [0.05, 0.1) is 23.5 Å². The topological polar surface area (TPSA) is 61.0 Å². The van der Waals surface area contributed by atoms with Crippen molar-refractivity contribution in [2.24, 2.45) is 0 Å². The first-order valence-corrected chi connectivity index (χ1v) is 5.02. The molecule has 0 atom stereocenters. The Labute approximate surface area is 98.0 Å². The first kappa shape index (κ1) is 10.7. The van der Waals surface area contributed by atoms with Crippen molar-refractivity contribution in [3.05, 3.63) is 35.4 Å². The third-order valence-electron chi connectivity index (χ3n) is 2.13. The highest BCUT2D eigenvalue weighted by molar-refractivity contribution is 6.33. The standard InChI is InChI=1S/C11H10ClN3O/c1-16-11-9(13)6-10(14-15-11)7-4-2-3-5-8(7)12/h2-6H,1H3,(H2,13,14). The van der Waals surface area contributed by atoms with Crippen LogP contribution >= 0.6 is 11.6 Å². The minimum atomic E-state index is 0.316. The Morgan fingerprint density at radius 3 is 2.62 bits per heavy atom. The van der Waals surface area contributed by atoms with E-state index in [4.69, 9.17) is 22.1 Å². The quantitative estimate of drug-likeness (QED) is 0.868. The molecule has 1 heterocycles. The van der Waals surface area contributed by atoms with Gasteiger partial charge in [0.25, 0.3) is 5.88 Å². The minimum Gasteiger partial charge on any atom is -0.478 e. The van der Waals surface area contributed by atoms with Gasteiger partial charge in [-0.2, -0.15) is 0 Å². The highest BCUT2D eigenvalue weighted by Gasteiger charge is 2.08. The van der Waals surface area contributed by atoms with Crippen molar-refractivity contribution in [1.82, 2.24) is 10.2 Å². The van der Waals surface area contributed by atoms with Gasteiger partial charge in [0.2, 0.25) is 0 Å². The van der Waals surface area contributed by atoms with E-state index in [0.29, 0.717) is 22.3 Å². The van der Waals surface area contributed by atoms with Crippen LogP contribution in [0.4, 0.5) is 5.69 Å². The normalized spacial score (nSPS) is 10.1. The van der Waals surface area contributed by atoms with Gasteiger partial charge in [0.1, 0.15) is 0 Å². The van der Waals surface area contributed by atoms with Crippen LogP contribution in [-0.4, -0.2) is 17.3 Å². The molecule has 0 aliphatic carbocycles. The molecule has 0 saturated heterocycles. The third kappa shape index (κ3) is 1.92. The van der Waals surface area contributed by atoms with Crippen molar-refractivity contribution in [2.45, 2.75) is 0 Å². The van der Waals surface area contributed by atoms with Gasteiger partial charge >= 0.3 is 0 Å². The summed E-state index contributed by atoms with van der Waals surface area (Å²) in [6.07, 6.45) is 0. The third-order valence-corrected chi connectivity index (χ3v) is 2.46. The van der Waals surface area contributed by atoms with Gasteiger partial charge in [-0.25, -0.2) is 0 Å². The van der Waals surface area contributed by atoms with Crippen molar-refractivity contribution < 1.29 is 4.74 Å². The lowest BCUT2D eigenvalue weighted by Crippen LogP contribution is -1.98. The molecular formula is C11H10ClN3O. The average molecular weight is 236 g/mol. The van der Waals surface area contributed by atoms with Crippen LogP contribution in [0, 0.1) is 0 Å². The molecule has 0 fully saturated rings. The minimum absolute atomic E-state index is 0.316. The predicted octanol–water partition coefficient (Wildman–Crippen LogP) is 2.39. The average Bonchev–Trinajstić information content (AvgIpc) is 2.29. The summed E-state index contributed by atoms with van der Waals surface area (Å²) >= 11 is 6.04. The second-order valence-electron chi connectivity index (χ2n) is 3.17. The number of anilines is 1. The van der Waals surface area contributed by atoms with E-state index in [0.717, 1.165) is 5.56 Å². The Kier molecular flexibility index (Phi) is 2.92. The van der Waals surface area contributed by atoms with Gasteiger partial charge in [0.15, 0.2) is 0 Å². The van der Waals surface area contributed by atoms with Gasteiger partial charge in [-0.1, -0.05) is 29.8 Å². The number of benzene rings is 1. The molecule has 5 heteroatoms. The molecule has 2 aromatic rings. The summed E-state index contributed by atoms with van der Waals surface area (Å²) in [5, 5.41) is 8.47. The van der Waals surface area contributed by atoms with Crippen molar-refractivity contribution >= 4 is 17.3 Å².